The van der Waals surface area contributed by atoms with Gasteiger partial charge in [-0.1, -0.05) is 38.8 Å². The van der Waals surface area contributed by atoms with Gasteiger partial charge in [0.15, 0.2) is 0 Å². The van der Waals surface area contributed by atoms with E-state index in [2.05, 4.69) is 43.0 Å². The third kappa shape index (κ3) is 2.78. The molecule has 1 aliphatic heterocycles. The third-order valence-electron chi connectivity index (χ3n) is 3.53. The minimum atomic E-state index is 0.637. The molecule has 0 bridgehead atoms. The first kappa shape index (κ1) is 11.5. The Morgan fingerprint density at radius 2 is 1.44 bits per heavy atom. The number of hydrogen-bond acceptors (Lipinski definition) is 1. The van der Waals surface area contributed by atoms with Gasteiger partial charge in [0.2, 0.25) is 0 Å². The molecule has 2 rings (SSSR count). The smallest absolute Gasteiger partial charge is 0.0366 e. The summed E-state index contributed by atoms with van der Waals surface area (Å²) in [4.78, 5) is 2.54. The van der Waals surface area contributed by atoms with Crippen molar-refractivity contribution in [3.05, 3.63) is 29.8 Å². The molecular weight excluding hydrogens is 194 g/mol. The second kappa shape index (κ2) is 5.38. The highest BCUT2D eigenvalue weighted by atomic mass is 15.1. The van der Waals surface area contributed by atoms with E-state index in [1.54, 1.807) is 0 Å². The van der Waals surface area contributed by atoms with Gasteiger partial charge in [0.05, 0.1) is 0 Å². The molecule has 1 aliphatic rings. The van der Waals surface area contributed by atoms with Gasteiger partial charge in [-0.2, -0.15) is 0 Å². The van der Waals surface area contributed by atoms with Crippen molar-refractivity contribution >= 4 is 5.69 Å². The fourth-order valence-electron chi connectivity index (χ4n) is 2.40. The van der Waals surface area contributed by atoms with Crippen molar-refractivity contribution in [3.63, 3.8) is 0 Å². The Morgan fingerprint density at radius 1 is 0.875 bits per heavy atom. The van der Waals surface area contributed by atoms with E-state index in [1.165, 1.54) is 50.0 Å². The van der Waals surface area contributed by atoms with E-state index >= 15 is 0 Å². The molecule has 1 aromatic carbocycles. The largest absolute Gasteiger partial charge is 0.372 e. The second-order valence-electron chi connectivity index (χ2n) is 5.15. The first-order valence-electron chi connectivity index (χ1n) is 6.62. The quantitative estimate of drug-likeness (QED) is 0.718. The van der Waals surface area contributed by atoms with Crippen molar-refractivity contribution in [3.8, 4) is 0 Å². The molecular formula is C15H23N. The van der Waals surface area contributed by atoms with Gasteiger partial charge in [0, 0.05) is 18.8 Å². The topological polar surface area (TPSA) is 3.24 Å². The summed E-state index contributed by atoms with van der Waals surface area (Å²) >= 11 is 0. The summed E-state index contributed by atoms with van der Waals surface area (Å²) in [5, 5.41) is 0. The summed E-state index contributed by atoms with van der Waals surface area (Å²) in [6.45, 7) is 6.98. The highest BCUT2D eigenvalue weighted by Gasteiger charge is 2.09. The van der Waals surface area contributed by atoms with E-state index < -0.39 is 0 Å². The van der Waals surface area contributed by atoms with Crippen LogP contribution in [-0.2, 0) is 0 Å². The molecule has 88 valence electrons. The molecule has 0 atom stereocenters. The van der Waals surface area contributed by atoms with Crippen LogP contribution in [0.2, 0.25) is 0 Å². The molecule has 0 aliphatic carbocycles. The maximum Gasteiger partial charge on any atom is 0.0366 e. The SMILES string of the molecule is CC(C)c1ccc(N2CCCCCC2)cc1. The molecule has 1 fully saturated rings. The predicted octanol–water partition coefficient (Wildman–Crippen LogP) is 4.19. The fraction of sp³-hybridized carbons (Fsp3) is 0.600. The molecule has 0 aromatic heterocycles. The van der Waals surface area contributed by atoms with Gasteiger partial charge in [0.25, 0.3) is 0 Å². The molecule has 0 radical (unpaired) electrons. The molecule has 1 heteroatoms. The van der Waals surface area contributed by atoms with E-state index in [0.29, 0.717) is 5.92 Å². The molecule has 1 heterocycles. The monoisotopic (exact) mass is 217 g/mol. The first-order valence-corrected chi connectivity index (χ1v) is 6.62. The van der Waals surface area contributed by atoms with Crippen LogP contribution < -0.4 is 4.90 Å². The second-order valence-corrected chi connectivity index (χ2v) is 5.15. The summed E-state index contributed by atoms with van der Waals surface area (Å²) in [5.74, 6) is 0.637. The van der Waals surface area contributed by atoms with Crippen molar-refractivity contribution in [1.29, 1.82) is 0 Å². The third-order valence-corrected chi connectivity index (χ3v) is 3.53. The van der Waals surface area contributed by atoms with Crippen LogP contribution in [-0.4, -0.2) is 13.1 Å². The van der Waals surface area contributed by atoms with Gasteiger partial charge in [0.1, 0.15) is 0 Å². The Balaban J connectivity index is 2.07. The molecule has 0 N–H and O–H groups in total. The molecule has 0 spiro atoms. The maximum atomic E-state index is 2.54. The minimum absolute atomic E-state index is 0.637. The lowest BCUT2D eigenvalue weighted by Gasteiger charge is -2.23. The van der Waals surface area contributed by atoms with Crippen LogP contribution in [0.1, 0.15) is 51.0 Å². The molecule has 1 saturated heterocycles. The summed E-state index contributed by atoms with van der Waals surface area (Å²) in [6.07, 6.45) is 5.51. The van der Waals surface area contributed by atoms with Gasteiger partial charge < -0.3 is 4.90 Å². The summed E-state index contributed by atoms with van der Waals surface area (Å²) in [5.41, 5.74) is 2.85. The number of hydrogen-bond donors (Lipinski definition) is 0. The zero-order chi connectivity index (χ0) is 11.4. The maximum absolute atomic E-state index is 2.54. The lowest BCUT2D eigenvalue weighted by molar-refractivity contribution is 0.726. The molecule has 0 unspecified atom stereocenters. The van der Waals surface area contributed by atoms with Crippen LogP contribution in [0, 0.1) is 0 Å². The van der Waals surface area contributed by atoms with Crippen LogP contribution in [0.25, 0.3) is 0 Å². The Bertz CT molecular complexity index is 305. The molecule has 1 nitrogen and oxygen atoms in total. The Morgan fingerprint density at radius 3 is 1.94 bits per heavy atom. The molecule has 0 amide bonds. The Kier molecular flexibility index (Phi) is 3.87. The van der Waals surface area contributed by atoms with E-state index in [1.807, 2.05) is 0 Å². The van der Waals surface area contributed by atoms with Crippen LogP contribution in [0.15, 0.2) is 24.3 Å². The lowest BCUT2D eigenvalue weighted by Crippen LogP contribution is -2.23. The van der Waals surface area contributed by atoms with Gasteiger partial charge >= 0.3 is 0 Å². The average molecular weight is 217 g/mol. The molecule has 0 saturated carbocycles. The summed E-state index contributed by atoms with van der Waals surface area (Å²) in [6, 6.07) is 9.15. The average Bonchev–Trinajstić information content (AvgIpc) is 2.57. The van der Waals surface area contributed by atoms with E-state index in [9.17, 15) is 0 Å². The van der Waals surface area contributed by atoms with Crippen molar-refractivity contribution in [2.45, 2.75) is 45.4 Å². The standard InChI is InChI=1S/C15H23N/c1-13(2)14-7-9-15(10-8-14)16-11-5-3-4-6-12-16/h7-10,13H,3-6,11-12H2,1-2H3. The normalized spacial score (nSPS) is 17.6. The van der Waals surface area contributed by atoms with E-state index in [-0.39, 0.29) is 0 Å². The zero-order valence-corrected chi connectivity index (χ0v) is 10.6. The summed E-state index contributed by atoms with van der Waals surface area (Å²) in [7, 11) is 0. The van der Waals surface area contributed by atoms with Crippen molar-refractivity contribution in [1.82, 2.24) is 0 Å². The van der Waals surface area contributed by atoms with E-state index in [0.717, 1.165) is 0 Å². The minimum Gasteiger partial charge on any atom is -0.372 e. The summed E-state index contributed by atoms with van der Waals surface area (Å²) < 4.78 is 0. The molecule has 16 heavy (non-hydrogen) atoms. The van der Waals surface area contributed by atoms with Crippen LogP contribution in [0.5, 0.6) is 0 Å². The van der Waals surface area contributed by atoms with Gasteiger partial charge in [-0.15, -0.1) is 0 Å². The van der Waals surface area contributed by atoms with Crippen LogP contribution in [0.4, 0.5) is 5.69 Å². The number of benzene rings is 1. The number of rotatable bonds is 2. The van der Waals surface area contributed by atoms with Gasteiger partial charge in [-0.3, -0.25) is 0 Å². The Hall–Kier alpha value is -0.980. The number of anilines is 1. The van der Waals surface area contributed by atoms with Crippen molar-refractivity contribution in [2.24, 2.45) is 0 Å². The van der Waals surface area contributed by atoms with E-state index in [4.69, 9.17) is 0 Å². The Labute approximate surface area is 99.5 Å². The predicted molar refractivity (Wildman–Crippen MR) is 71.2 cm³/mol. The molecule has 1 aromatic rings. The van der Waals surface area contributed by atoms with Crippen molar-refractivity contribution < 1.29 is 0 Å². The zero-order valence-electron chi connectivity index (χ0n) is 10.6. The van der Waals surface area contributed by atoms with Crippen LogP contribution in [0.3, 0.4) is 0 Å². The number of nitrogens with zero attached hydrogens (tertiary/aromatic N) is 1. The van der Waals surface area contributed by atoms with Crippen LogP contribution >= 0.6 is 0 Å². The first-order chi connectivity index (χ1) is 7.77. The van der Waals surface area contributed by atoms with Gasteiger partial charge in [-0.05, 0) is 36.5 Å². The highest BCUT2D eigenvalue weighted by Crippen LogP contribution is 2.22. The lowest BCUT2D eigenvalue weighted by atomic mass is 10.0. The van der Waals surface area contributed by atoms with Crippen molar-refractivity contribution in [2.75, 3.05) is 18.0 Å². The highest BCUT2D eigenvalue weighted by molar-refractivity contribution is 5.48. The van der Waals surface area contributed by atoms with Gasteiger partial charge in [-0.25, -0.2) is 0 Å². The fourth-order valence-corrected chi connectivity index (χ4v) is 2.40.